The minimum Gasteiger partial charge on any atom is -0.469 e. The number of aliphatic hydroxyl groups excluding tert-OH is 1. The first-order valence-corrected chi connectivity index (χ1v) is 15.9. The molecule has 4 aromatic rings. The zero-order chi connectivity index (χ0) is 32.7. The van der Waals surface area contributed by atoms with Crippen molar-refractivity contribution in [2.75, 3.05) is 18.5 Å². The highest BCUT2D eigenvalue weighted by atomic mass is 16.5. The minimum absolute atomic E-state index is 0.0232. The lowest BCUT2D eigenvalue weighted by molar-refractivity contribution is -0.148. The number of amides is 2. The third kappa shape index (κ3) is 5.30. The van der Waals surface area contributed by atoms with Crippen LogP contribution in [0.15, 0.2) is 77.2 Å². The zero-order valence-corrected chi connectivity index (χ0v) is 26.1. The van der Waals surface area contributed by atoms with E-state index in [0.717, 1.165) is 27.9 Å². The van der Waals surface area contributed by atoms with Gasteiger partial charge in [0.1, 0.15) is 23.8 Å². The van der Waals surface area contributed by atoms with Crippen molar-refractivity contribution in [3.63, 3.8) is 0 Å². The van der Waals surface area contributed by atoms with E-state index in [0.29, 0.717) is 5.75 Å². The van der Waals surface area contributed by atoms with Gasteiger partial charge in [0.05, 0.1) is 18.9 Å². The molecule has 0 aliphatic carbocycles. The van der Waals surface area contributed by atoms with E-state index >= 15 is 0 Å². The van der Waals surface area contributed by atoms with Gasteiger partial charge in [-0.15, -0.1) is 0 Å². The van der Waals surface area contributed by atoms with Gasteiger partial charge in [0.25, 0.3) is 5.91 Å². The van der Waals surface area contributed by atoms with Gasteiger partial charge in [-0.2, -0.15) is 0 Å². The Balaban J connectivity index is 1.36. The molecule has 3 aliphatic heterocycles. The van der Waals surface area contributed by atoms with Crippen molar-refractivity contribution in [1.82, 2.24) is 15.6 Å². The predicted molar refractivity (Wildman–Crippen MR) is 170 cm³/mol. The van der Waals surface area contributed by atoms with Crippen molar-refractivity contribution in [3.05, 3.63) is 112 Å². The van der Waals surface area contributed by atoms with Gasteiger partial charge in [-0.05, 0) is 41.2 Å². The first-order valence-electron chi connectivity index (χ1n) is 15.9. The number of nitrogens with zero attached hydrogens (tertiary/aromatic N) is 1. The van der Waals surface area contributed by atoms with Gasteiger partial charge >= 0.3 is 5.97 Å². The van der Waals surface area contributed by atoms with Crippen LogP contribution in [0.2, 0.25) is 0 Å². The number of para-hydroxylation sites is 1. The third-order valence-corrected chi connectivity index (χ3v) is 9.10. The summed E-state index contributed by atoms with van der Waals surface area (Å²) in [5.41, 5.74) is 3.03. The Morgan fingerprint density at radius 1 is 1.06 bits per heavy atom. The summed E-state index contributed by atoms with van der Waals surface area (Å²) in [4.78, 5) is 45.5. The summed E-state index contributed by atoms with van der Waals surface area (Å²) in [7, 11) is 0. The van der Waals surface area contributed by atoms with Crippen LogP contribution in [0.4, 0.5) is 5.69 Å². The van der Waals surface area contributed by atoms with Crippen LogP contribution in [-0.2, 0) is 32.8 Å². The van der Waals surface area contributed by atoms with Crippen LogP contribution in [0.3, 0.4) is 0 Å². The van der Waals surface area contributed by atoms with Gasteiger partial charge in [0.15, 0.2) is 17.7 Å². The number of anilines is 1. The molecule has 1 spiro atoms. The Labute approximate surface area is 271 Å². The van der Waals surface area contributed by atoms with Gasteiger partial charge < -0.3 is 34.9 Å². The molecule has 7 rings (SSSR count). The maximum atomic E-state index is 14.0. The lowest BCUT2D eigenvalue weighted by Gasteiger charge is -2.28. The number of hydrogen-bond donors (Lipinski definition) is 4. The molecule has 11 heteroatoms. The molecule has 4 bridgehead atoms. The van der Waals surface area contributed by atoms with Gasteiger partial charge in [-0.3, -0.25) is 14.4 Å². The fourth-order valence-electron chi connectivity index (χ4n) is 6.82. The molecule has 4 heterocycles. The van der Waals surface area contributed by atoms with Crippen molar-refractivity contribution >= 4 is 23.5 Å². The molecule has 2 unspecified atom stereocenters. The van der Waals surface area contributed by atoms with E-state index in [4.69, 9.17) is 18.9 Å². The normalized spacial score (nSPS) is 22.1. The number of esters is 1. The Kier molecular flexibility index (Phi) is 7.93. The highest BCUT2D eigenvalue weighted by molar-refractivity contribution is 5.95. The Morgan fingerprint density at radius 3 is 2.64 bits per heavy atom. The number of aromatic nitrogens is 1. The van der Waals surface area contributed by atoms with E-state index in [1.165, 1.54) is 0 Å². The maximum Gasteiger partial charge on any atom is 0.306 e. The van der Waals surface area contributed by atoms with E-state index in [2.05, 4.69) is 16.0 Å². The molecule has 4 N–H and O–H groups in total. The largest absolute Gasteiger partial charge is 0.469 e. The number of benzene rings is 3. The molecule has 0 fully saturated rings. The summed E-state index contributed by atoms with van der Waals surface area (Å²) in [5.74, 6) is -1.28. The average molecular weight is 637 g/mol. The maximum absolute atomic E-state index is 14.0. The van der Waals surface area contributed by atoms with Crippen LogP contribution in [0.1, 0.15) is 70.7 Å². The standard InChI is InChI=1S/C36H36N4O7/c1-20(2)29-34-40-30(33(44)37-14-15-41)31(47-34)36-24-10-6-7-11-26(24)38-35(36)46-27-13-12-22(17-25(27)36)16-23(32(43)39-29)18-28(42)45-19-21-8-4-3-5-9-21/h3-13,17,20,23,29,35,38,41H,14-16,18-19H2,1-2H3,(H,37,44)(H,39,43)/t23?,29-,35-,36?/m0/s1. The SMILES string of the molecule is CC(C)[C@@H]1NC(=O)C(CC(=O)OCc2ccccc2)Cc2ccc3c(c2)C2(c4ccccc4N[C@H]2O3)c2oc1nc2C(=O)NCCO. The Morgan fingerprint density at radius 2 is 1.85 bits per heavy atom. The Bertz CT molecular complexity index is 1840. The second kappa shape index (κ2) is 12.2. The smallest absolute Gasteiger partial charge is 0.306 e. The number of aliphatic hydroxyl groups is 1. The summed E-state index contributed by atoms with van der Waals surface area (Å²) in [6.07, 6.45) is -0.536. The number of hydrogen-bond acceptors (Lipinski definition) is 9. The van der Waals surface area contributed by atoms with Gasteiger partial charge in [0, 0.05) is 17.8 Å². The molecule has 0 radical (unpaired) electrons. The molecule has 47 heavy (non-hydrogen) atoms. The molecule has 3 aromatic carbocycles. The van der Waals surface area contributed by atoms with Crippen LogP contribution in [0.25, 0.3) is 0 Å². The Hall–Kier alpha value is -5.16. The van der Waals surface area contributed by atoms with Crippen LogP contribution in [-0.4, -0.2) is 47.3 Å². The quantitative estimate of drug-likeness (QED) is 0.210. The summed E-state index contributed by atoms with van der Waals surface area (Å²) in [6, 6.07) is 22.1. The van der Waals surface area contributed by atoms with E-state index in [-0.39, 0.29) is 61.8 Å². The predicted octanol–water partition coefficient (Wildman–Crippen LogP) is 3.99. The van der Waals surface area contributed by atoms with Crippen molar-refractivity contribution in [2.45, 2.75) is 51.0 Å². The molecule has 2 amide bonds. The van der Waals surface area contributed by atoms with Crippen LogP contribution >= 0.6 is 0 Å². The van der Waals surface area contributed by atoms with Crippen LogP contribution < -0.4 is 20.7 Å². The summed E-state index contributed by atoms with van der Waals surface area (Å²) in [6.45, 7) is 3.72. The van der Waals surface area contributed by atoms with E-state index in [1.807, 2.05) is 86.6 Å². The third-order valence-electron chi connectivity index (χ3n) is 9.10. The highest BCUT2D eigenvalue weighted by Gasteiger charge is 2.61. The minimum atomic E-state index is -1.10. The molecule has 3 aliphatic rings. The lowest BCUT2D eigenvalue weighted by atomic mass is 9.72. The monoisotopic (exact) mass is 636 g/mol. The zero-order valence-electron chi connectivity index (χ0n) is 26.1. The number of oxazole rings is 1. The van der Waals surface area contributed by atoms with Crippen molar-refractivity contribution < 1.29 is 33.4 Å². The number of fused-ring (bicyclic) bond motifs is 4. The van der Waals surface area contributed by atoms with Crippen LogP contribution in [0, 0.1) is 11.8 Å². The van der Waals surface area contributed by atoms with Crippen molar-refractivity contribution in [2.24, 2.45) is 11.8 Å². The van der Waals surface area contributed by atoms with Gasteiger partial charge in [-0.25, -0.2) is 4.98 Å². The first kappa shape index (κ1) is 30.5. The molecule has 0 saturated heterocycles. The van der Waals surface area contributed by atoms with E-state index in [1.54, 1.807) is 0 Å². The molecule has 4 atom stereocenters. The second-order valence-corrected chi connectivity index (χ2v) is 12.5. The molecule has 1 aromatic heterocycles. The fourth-order valence-corrected chi connectivity index (χ4v) is 6.82. The fraction of sp³-hybridized carbons (Fsp3) is 0.333. The number of nitrogens with one attached hydrogen (secondary N) is 3. The molecule has 0 saturated carbocycles. The first-order chi connectivity index (χ1) is 22.8. The second-order valence-electron chi connectivity index (χ2n) is 12.5. The average Bonchev–Trinajstić information content (AvgIpc) is 3.74. The summed E-state index contributed by atoms with van der Waals surface area (Å²) in [5, 5.41) is 18.7. The summed E-state index contributed by atoms with van der Waals surface area (Å²) < 4.78 is 18.7. The number of carbonyl (C=O) groups is 3. The van der Waals surface area contributed by atoms with Crippen LogP contribution in [0.5, 0.6) is 5.75 Å². The molecular weight excluding hydrogens is 600 g/mol. The molecule has 11 nitrogen and oxygen atoms in total. The van der Waals surface area contributed by atoms with Crippen molar-refractivity contribution in [3.8, 4) is 5.75 Å². The number of carbonyl (C=O) groups excluding carboxylic acids is 3. The lowest BCUT2D eigenvalue weighted by Crippen LogP contribution is -2.41. The van der Waals surface area contributed by atoms with Gasteiger partial charge in [0.2, 0.25) is 11.8 Å². The number of rotatable bonds is 8. The molecule has 242 valence electrons. The van der Waals surface area contributed by atoms with E-state index in [9.17, 15) is 19.5 Å². The number of ether oxygens (including phenoxy) is 2. The van der Waals surface area contributed by atoms with Crippen molar-refractivity contribution in [1.29, 1.82) is 0 Å². The van der Waals surface area contributed by atoms with E-state index < -0.39 is 35.5 Å². The van der Waals surface area contributed by atoms with Gasteiger partial charge in [-0.1, -0.05) is 74.5 Å². The molecular formula is C36H36N4O7. The summed E-state index contributed by atoms with van der Waals surface area (Å²) >= 11 is 0. The topological polar surface area (TPSA) is 152 Å². The highest BCUT2D eigenvalue weighted by Crippen LogP contribution is 2.58.